The van der Waals surface area contributed by atoms with Crippen LogP contribution in [0.15, 0.2) is 29.4 Å². The van der Waals surface area contributed by atoms with Crippen LogP contribution in [0.2, 0.25) is 0 Å². The Bertz CT molecular complexity index is 373. The monoisotopic (exact) mass is 276 g/mol. The number of unbranched alkanes of at least 4 members (excludes halogenated alkanes) is 1. The highest BCUT2D eigenvalue weighted by molar-refractivity contribution is 5.79. The van der Waals surface area contributed by atoms with E-state index in [0.29, 0.717) is 0 Å². The summed E-state index contributed by atoms with van der Waals surface area (Å²) in [7, 11) is 1.81. The Labute approximate surface area is 123 Å². The van der Waals surface area contributed by atoms with Gasteiger partial charge in [0.1, 0.15) is 0 Å². The second-order valence-electron chi connectivity index (χ2n) is 5.39. The first-order chi connectivity index (χ1) is 9.72. The van der Waals surface area contributed by atoms with Crippen molar-refractivity contribution < 1.29 is 0 Å². The van der Waals surface area contributed by atoms with E-state index in [1.165, 1.54) is 19.3 Å². The van der Waals surface area contributed by atoms with Gasteiger partial charge in [-0.05, 0) is 24.5 Å². The van der Waals surface area contributed by atoms with E-state index in [9.17, 15) is 0 Å². The molecule has 0 saturated heterocycles. The predicted molar refractivity (Wildman–Crippen MR) is 86.0 cm³/mol. The van der Waals surface area contributed by atoms with Crippen molar-refractivity contribution in [3.05, 3.63) is 30.1 Å². The molecule has 0 radical (unpaired) electrons. The maximum absolute atomic E-state index is 4.30. The topological polar surface area (TPSA) is 49.3 Å². The Morgan fingerprint density at radius 3 is 2.65 bits per heavy atom. The first-order valence-electron chi connectivity index (χ1n) is 7.56. The van der Waals surface area contributed by atoms with E-state index >= 15 is 0 Å². The van der Waals surface area contributed by atoms with Crippen LogP contribution in [-0.4, -0.2) is 31.1 Å². The van der Waals surface area contributed by atoms with Crippen molar-refractivity contribution in [2.75, 3.05) is 20.1 Å². The molecule has 4 heteroatoms. The molecule has 0 aliphatic heterocycles. The van der Waals surface area contributed by atoms with Crippen molar-refractivity contribution >= 4 is 5.96 Å². The van der Waals surface area contributed by atoms with Crippen LogP contribution in [0.25, 0.3) is 0 Å². The first-order valence-corrected chi connectivity index (χ1v) is 7.56. The fourth-order valence-electron chi connectivity index (χ4n) is 1.96. The van der Waals surface area contributed by atoms with E-state index < -0.39 is 0 Å². The Balaban J connectivity index is 2.11. The number of nitrogens with one attached hydrogen (secondary N) is 2. The molecular formula is C16H28N4. The number of hydrogen-bond donors (Lipinski definition) is 2. The molecule has 0 aromatic carbocycles. The fourth-order valence-corrected chi connectivity index (χ4v) is 1.96. The Kier molecular flexibility index (Phi) is 8.43. The maximum Gasteiger partial charge on any atom is 0.190 e. The first kappa shape index (κ1) is 16.5. The van der Waals surface area contributed by atoms with Crippen molar-refractivity contribution in [1.29, 1.82) is 0 Å². The molecule has 0 bridgehead atoms. The predicted octanol–water partition coefficient (Wildman–Crippen LogP) is 2.62. The van der Waals surface area contributed by atoms with E-state index in [0.717, 1.165) is 37.1 Å². The van der Waals surface area contributed by atoms with Gasteiger partial charge in [-0.1, -0.05) is 32.8 Å². The van der Waals surface area contributed by atoms with Crippen molar-refractivity contribution in [3.8, 4) is 0 Å². The molecule has 20 heavy (non-hydrogen) atoms. The molecule has 1 rings (SSSR count). The Hall–Kier alpha value is -1.58. The molecule has 0 aliphatic rings. The highest BCUT2D eigenvalue weighted by Gasteiger charge is 1.99. The van der Waals surface area contributed by atoms with Crippen LogP contribution in [-0.2, 0) is 6.42 Å². The number of aliphatic imine (C=N–C) groups is 1. The van der Waals surface area contributed by atoms with Crippen molar-refractivity contribution in [1.82, 2.24) is 15.6 Å². The van der Waals surface area contributed by atoms with Gasteiger partial charge in [0.15, 0.2) is 5.96 Å². The second kappa shape index (κ2) is 10.2. The van der Waals surface area contributed by atoms with Crippen LogP contribution in [0.3, 0.4) is 0 Å². The third kappa shape index (κ3) is 7.77. The molecule has 0 aliphatic carbocycles. The molecule has 0 atom stereocenters. The summed E-state index contributed by atoms with van der Waals surface area (Å²) in [5.74, 6) is 1.68. The smallest absolute Gasteiger partial charge is 0.190 e. The summed E-state index contributed by atoms with van der Waals surface area (Å²) in [5, 5.41) is 6.66. The molecule has 0 fully saturated rings. The lowest BCUT2D eigenvalue weighted by Crippen LogP contribution is -2.38. The summed E-state index contributed by atoms with van der Waals surface area (Å²) < 4.78 is 0. The zero-order valence-corrected chi connectivity index (χ0v) is 13.0. The van der Waals surface area contributed by atoms with E-state index in [-0.39, 0.29) is 0 Å². The average molecular weight is 276 g/mol. The van der Waals surface area contributed by atoms with Gasteiger partial charge in [0.2, 0.25) is 0 Å². The number of hydrogen-bond acceptors (Lipinski definition) is 2. The van der Waals surface area contributed by atoms with Gasteiger partial charge in [-0.25, -0.2) is 0 Å². The van der Waals surface area contributed by atoms with Crippen molar-refractivity contribution in [3.63, 3.8) is 0 Å². The van der Waals surface area contributed by atoms with Crippen LogP contribution >= 0.6 is 0 Å². The van der Waals surface area contributed by atoms with E-state index in [1.807, 2.05) is 31.4 Å². The standard InChI is InChI=1S/C16H28N4/c1-14(2)8-4-6-12-19-16(17-3)20-13-10-15-9-5-7-11-18-15/h5,7,9,11,14H,4,6,8,10,12-13H2,1-3H3,(H2,17,19,20). The largest absolute Gasteiger partial charge is 0.356 e. The van der Waals surface area contributed by atoms with Crippen LogP contribution in [0.4, 0.5) is 0 Å². The van der Waals surface area contributed by atoms with Gasteiger partial charge in [0, 0.05) is 38.4 Å². The minimum Gasteiger partial charge on any atom is -0.356 e. The van der Waals surface area contributed by atoms with Gasteiger partial charge in [-0.3, -0.25) is 9.98 Å². The van der Waals surface area contributed by atoms with Gasteiger partial charge in [0.25, 0.3) is 0 Å². The number of aromatic nitrogens is 1. The summed E-state index contributed by atoms with van der Waals surface area (Å²) in [5.41, 5.74) is 1.10. The molecule has 0 unspecified atom stereocenters. The Morgan fingerprint density at radius 2 is 2.00 bits per heavy atom. The van der Waals surface area contributed by atoms with E-state index in [4.69, 9.17) is 0 Å². The van der Waals surface area contributed by atoms with E-state index in [1.54, 1.807) is 0 Å². The van der Waals surface area contributed by atoms with Crippen LogP contribution in [0, 0.1) is 5.92 Å². The highest BCUT2D eigenvalue weighted by Crippen LogP contribution is 2.04. The van der Waals surface area contributed by atoms with E-state index in [2.05, 4.69) is 34.5 Å². The maximum atomic E-state index is 4.30. The molecule has 4 nitrogen and oxygen atoms in total. The molecule has 2 N–H and O–H groups in total. The number of pyridine rings is 1. The molecule has 0 spiro atoms. The molecule has 1 aromatic rings. The minimum atomic E-state index is 0.797. The lowest BCUT2D eigenvalue weighted by molar-refractivity contribution is 0.534. The van der Waals surface area contributed by atoms with Crippen LogP contribution in [0.1, 0.15) is 38.8 Å². The molecule has 0 amide bonds. The van der Waals surface area contributed by atoms with Gasteiger partial charge in [-0.15, -0.1) is 0 Å². The minimum absolute atomic E-state index is 0.797. The zero-order valence-electron chi connectivity index (χ0n) is 13.0. The fraction of sp³-hybridized carbons (Fsp3) is 0.625. The SMILES string of the molecule is CN=C(NCCCCC(C)C)NCCc1ccccn1. The number of guanidine groups is 1. The number of nitrogens with zero attached hydrogens (tertiary/aromatic N) is 2. The summed E-state index contributed by atoms with van der Waals surface area (Å²) in [4.78, 5) is 8.53. The quantitative estimate of drug-likeness (QED) is 0.436. The summed E-state index contributed by atoms with van der Waals surface area (Å²) in [6.45, 7) is 6.37. The van der Waals surface area contributed by atoms with Gasteiger partial charge < -0.3 is 10.6 Å². The average Bonchev–Trinajstić information content (AvgIpc) is 2.46. The second-order valence-corrected chi connectivity index (χ2v) is 5.39. The van der Waals surface area contributed by atoms with Gasteiger partial charge in [0.05, 0.1) is 0 Å². The summed E-state index contributed by atoms with van der Waals surface area (Å²) in [6.07, 6.45) is 6.51. The lowest BCUT2D eigenvalue weighted by atomic mass is 10.1. The van der Waals surface area contributed by atoms with Crippen molar-refractivity contribution in [2.45, 2.75) is 39.5 Å². The third-order valence-corrected chi connectivity index (χ3v) is 3.12. The lowest BCUT2D eigenvalue weighted by Gasteiger charge is -2.12. The van der Waals surface area contributed by atoms with Crippen LogP contribution < -0.4 is 10.6 Å². The summed E-state index contributed by atoms with van der Waals surface area (Å²) in [6, 6.07) is 6.00. The molecule has 112 valence electrons. The summed E-state index contributed by atoms with van der Waals surface area (Å²) >= 11 is 0. The normalized spacial score (nSPS) is 11.7. The van der Waals surface area contributed by atoms with Crippen molar-refractivity contribution in [2.24, 2.45) is 10.9 Å². The molecule has 1 heterocycles. The van der Waals surface area contributed by atoms with Gasteiger partial charge >= 0.3 is 0 Å². The molecular weight excluding hydrogens is 248 g/mol. The van der Waals surface area contributed by atoms with Gasteiger partial charge in [-0.2, -0.15) is 0 Å². The highest BCUT2D eigenvalue weighted by atomic mass is 15.2. The third-order valence-electron chi connectivity index (χ3n) is 3.12. The molecule has 1 aromatic heterocycles. The number of rotatable bonds is 8. The molecule has 0 saturated carbocycles. The zero-order chi connectivity index (χ0) is 14.6. The van der Waals surface area contributed by atoms with Crippen LogP contribution in [0.5, 0.6) is 0 Å². The Morgan fingerprint density at radius 1 is 1.20 bits per heavy atom.